The van der Waals surface area contributed by atoms with E-state index in [2.05, 4.69) is 6.58 Å². The van der Waals surface area contributed by atoms with Crippen molar-refractivity contribution < 1.29 is 13.9 Å². The van der Waals surface area contributed by atoms with Crippen LogP contribution in [0.4, 0.5) is 0 Å². The molecule has 1 unspecified atom stereocenters. The average molecular weight is 450 g/mol. The molecule has 0 radical (unpaired) electrons. The number of aryl methyl sites for hydroxylation is 1. The Morgan fingerprint density at radius 2 is 2.00 bits per heavy atom. The second-order valence-corrected chi connectivity index (χ2v) is 8.51. The van der Waals surface area contributed by atoms with Crippen molar-refractivity contribution in [2.24, 2.45) is 0 Å². The van der Waals surface area contributed by atoms with Gasteiger partial charge in [-0.1, -0.05) is 17.7 Å². The molecule has 0 saturated heterocycles. The van der Waals surface area contributed by atoms with Gasteiger partial charge in [0.15, 0.2) is 5.78 Å². The molecule has 0 bridgehead atoms. The van der Waals surface area contributed by atoms with E-state index in [1.165, 1.54) is 0 Å². The van der Waals surface area contributed by atoms with E-state index in [0.29, 0.717) is 58.2 Å². The third-order valence-electron chi connectivity index (χ3n) is 6.00. The zero-order chi connectivity index (χ0) is 22.6. The molecule has 2 aliphatic rings. The summed E-state index contributed by atoms with van der Waals surface area (Å²) < 4.78 is 12.9. The molecule has 6 nitrogen and oxygen atoms in total. The molecule has 1 atom stereocenters. The number of ketones is 1. The lowest BCUT2D eigenvalue weighted by Gasteiger charge is -2.31. The minimum absolute atomic E-state index is 0.122. The highest BCUT2D eigenvalue weighted by molar-refractivity contribution is 6.31. The Morgan fingerprint density at radius 3 is 2.78 bits per heavy atom. The predicted molar refractivity (Wildman–Crippen MR) is 121 cm³/mol. The molecule has 0 fully saturated rings. The Labute approximate surface area is 188 Å². The number of aromatic nitrogens is 1. The number of Topliss-reactive ketones (excluding diaryl/α,β-unsaturated/α-hetero) is 1. The molecule has 3 aromatic rings. The lowest BCUT2D eigenvalue weighted by Crippen LogP contribution is -2.34. The van der Waals surface area contributed by atoms with Crippen LogP contribution in [0.5, 0.6) is 5.75 Å². The number of rotatable bonds is 3. The molecule has 0 amide bonds. The fourth-order valence-electron chi connectivity index (χ4n) is 4.69. The molecule has 1 aromatic carbocycles. The largest absolute Gasteiger partial charge is 0.461 e. The number of carbonyl (C=O) groups excluding carboxylic acids is 1. The second kappa shape index (κ2) is 7.64. The molecular weight excluding hydrogens is 430 g/mol. The van der Waals surface area contributed by atoms with Gasteiger partial charge in [0.1, 0.15) is 17.3 Å². The predicted octanol–water partition coefficient (Wildman–Crippen LogP) is 4.63. The SMILES string of the molecule is C=CCn1c(=O)c(C2C3=C(CCCC3=O)Oc3cc(C)oc(=O)c32)cc2cc(Cl)ccc21. The Kier molecular flexibility index (Phi) is 4.90. The van der Waals surface area contributed by atoms with E-state index < -0.39 is 11.5 Å². The van der Waals surface area contributed by atoms with Crippen LogP contribution in [0.2, 0.25) is 5.02 Å². The zero-order valence-electron chi connectivity index (χ0n) is 17.4. The lowest BCUT2D eigenvalue weighted by atomic mass is 9.77. The molecule has 7 heteroatoms. The fourth-order valence-corrected chi connectivity index (χ4v) is 4.87. The normalized spacial score (nSPS) is 17.7. The van der Waals surface area contributed by atoms with Gasteiger partial charge in [-0.2, -0.15) is 0 Å². The maximum Gasteiger partial charge on any atom is 0.343 e. The molecule has 3 heterocycles. The van der Waals surface area contributed by atoms with E-state index in [1.54, 1.807) is 47.9 Å². The first-order valence-electron chi connectivity index (χ1n) is 10.4. The summed E-state index contributed by atoms with van der Waals surface area (Å²) >= 11 is 6.23. The van der Waals surface area contributed by atoms with Crippen LogP contribution in [0, 0.1) is 6.92 Å². The van der Waals surface area contributed by atoms with Crippen molar-refractivity contribution in [1.82, 2.24) is 4.57 Å². The summed E-state index contributed by atoms with van der Waals surface area (Å²) in [4.78, 5) is 39.7. The molecule has 32 heavy (non-hydrogen) atoms. The summed E-state index contributed by atoms with van der Waals surface area (Å²) in [6.07, 6.45) is 3.20. The number of hydrogen-bond donors (Lipinski definition) is 0. The Bertz CT molecular complexity index is 1460. The van der Waals surface area contributed by atoms with Gasteiger partial charge in [0.25, 0.3) is 5.56 Å². The van der Waals surface area contributed by atoms with Gasteiger partial charge in [-0.15, -0.1) is 6.58 Å². The van der Waals surface area contributed by atoms with Crippen molar-refractivity contribution in [2.75, 3.05) is 0 Å². The summed E-state index contributed by atoms with van der Waals surface area (Å²) in [7, 11) is 0. The van der Waals surface area contributed by atoms with Crippen molar-refractivity contribution in [3.63, 3.8) is 0 Å². The number of hydrogen-bond acceptors (Lipinski definition) is 5. The first-order valence-corrected chi connectivity index (χ1v) is 10.8. The van der Waals surface area contributed by atoms with Crippen LogP contribution < -0.4 is 15.9 Å². The summed E-state index contributed by atoms with van der Waals surface area (Å²) in [6.45, 7) is 5.69. The standard InChI is InChI=1S/C25H20ClNO5/c1-3-9-27-17-8-7-15(26)11-14(17)12-16(24(27)29)21-22-18(28)5-4-6-19(22)32-20-10-13(2)31-25(30)23(20)21/h3,7-8,10-12,21H,1,4-6,9H2,2H3. The van der Waals surface area contributed by atoms with E-state index in [-0.39, 0.29) is 23.5 Å². The van der Waals surface area contributed by atoms with Gasteiger partial charge >= 0.3 is 5.63 Å². The van der Waals surface area contributed by atoms with E-state index in [9.17, 15) is 14.4 Å². The molecule has 5 rings (SSSR count). The number of benzene rings is 1. The minimum atomic E-state index is -0.870. The van der Waals surface area contributed by atoms with Crippen LogP contribution in [0.3, 0.4) is 0 Å². The summed E-state index contributed by atoms with van der Waals surface area (Å²) in [6, 6.07) is 8.60. The van der Waals surface area contributed by atoms with Crippen LogP contribution in [-0.4, -0.2) is 10.4 Å². The van der Waals surface area contributed by atoms with Crippen molar-refractivity contribution in [1.29, 1.82) is 0 Å². The maximum atomic E-state index is 13.7. The molecule has 0 spiro atoms. The van der Waals surface area contributed by atoms with Crippen molar-refractivity contribution in [2.45, 2.75) is 38.6 Å². The summed E-state index contributed by atoms with van der Waals surface area (Å²) in [5.41, 5.74) is 0.621. The zero-order valence-corrected chi connectivity index (χ0v) is 18.2. The lowest BCUT2D eigenvalue weighted by molar-refractivity contribution is -0.116. The van der Waals surface area contributed by atoms with Crippen molar-refractivity contribution in [3.05, 3.63) is 97.0 Å². The Hall–Kier alpha value is -3.38. The topological polar surface area (TPSA) is 78.5 Å². The maximum absolute atomic E-state index is 13.7. The van der Waals surface area contributed by atoms with Crippen LogP contribution in [0.1, 0.15) is 42.1 Å². The number of nitrogens with zero attached hydrogens (tertiary/aromatic N) is 1. The molecule has 162 valence electrons. The highest BCUT2D eigenvalue weighted by Gasteiger charge is 2.40. The monoisotopic (exact) mass is 449 g/mol. The number of halogens is 1. The highest BCUT2D eigenvalue weighted by atomic mass is 35.5. The quantitative estimate of drug-likeness (QED) is 0.544. The summed E-state index contributed by atoms with van der Waals surface area (Å²) in [5, 5.41) is 1.24. The number of pyridine rings is 1. The second-order valence-electron chi connectivity index (χ2n) is 8.08. The van der Waals surface area contributed by atoms with Crippen LogP contribution in [0.25, 0.3) is 10.9 Å². The van der Waals surface area contributed by atoms with Crippen molar-refractivity contribution >= 4 is 28.3 Å². The highest BCUT2D eigenvalue weighted by Crippen LogP contribution is 2.45. The van der Waals surface area contributed by atoms with E-state index in [0.717, 1.165) is 5.39 Å². The van der Waals surface area contributed by atoms with Crippen LogP contribution in [0.15, 0.2) is 68.3 Å². The Morgan fingerprint density at radius 1 is 1.19 bits per heavy atom. The number of fused-ring (bicyclic) bond motifs is 2. The number of allylic oxidation sites excluding steroid dienone is 3. The molecular formula is C25H20ClNO5. The van der Waals surface area contributed by atoms with Gasteiger partial charge in [0.05, 0.1) is 17.0 Å². The number of carbonyl (C=O) groups is 1. The fraction of sp³-hybridized carbons (Fsp3) is 0.240. The van der Waals surface area contributed by atoms with E-state index in [4.69, 9.17) is 20.8 Å². The van der Waals surface area contributed by atoms with Gasteiger partial charge in [-0.25, -0.2) is 4.79 Å². The molecule has 1 aliphatic carbocycles. The summed E-state index contributed by atoms with van der Waals surface area (Å²) in [5.74, 6) is 0.254. The van der Waals surface area contributed by atoms with Crippen LogP contribution in [-0.2, 0) is 11.3 Å². The first kappa shape index (κ1) is 20.5. The van der Waals surface area contributed by atoms with E-state index in [1.807, 2.05) is 0 Å². The van der Waals surface area contributed by atoms with Gasteiger partial charge in [0.2, 0.25) is 0 Å². The number of ether oxygens (including phenoxy) is 1. The van der Waals surface area contributed by atoms with Gasteiger partial charge in [0, 0.05) is 47.0 Å². The Balaban J connectivity index is 1.89. The molecule has 0 N–H and O–H groups in total. The molecule has 1 aliphatic heterocycles. The third-order valence-corrected chi connectivity index (χ3v) is 6.23. The molecule has 0 saturated carbocycles. The third kappa shape index (κ3) is 3.14. The van der Waals surface area contributed by atoms with Crippen molar-refractivity contribution in [3.8, 4) is 5.75 Å². The van der Waals surface area contributed by atoms with Gasteiger partial charge in [-0.05, 0) is 37.6 Å². The van der Waals surface area contributed by atoms with Gasteiger partial charge < -0.3 is 13.7 Å². The smallest absolute Gasteiger partial charge is 0.343 e. The van der Waals surface area contributed by atoms with Crippen LogP contribution >= 0.6 is 11.6 Å². The average Bonchev–Trinajstić information content (AvgIpc) is 2.74. The molecule has 2 aromatic heterocycles. The van der Waals surface area contributed by atoms with E-state index >= 15 is 0 Å². The van der Waals surface area contributed by atoms with Gasteiger partial charge in [-0.3, -0.25) is 9.59 Å². The minimum Gasteiger partial charge on any atom is -0.461 e. The first-order chi connectivity index (χ1) is 15.4.